The molecule has 1 unspecified atom stereocenters. The quantitative estimate of drug-likeness (QED) is 0.847. The topological polar surface area (TPSA) is 32.7 Å². The highest BCUT2D eigenvalue weighted by molar-refractivity contribution is 5.49. The molecule has 0 radical (unpaired) electrons. The molecule has 0 aliphatic carbocycles. The number of hydrogen-bond donors (Lipinski definition) is 1. The highest BCUT2D eigenvalue weighted by Crippen LogP contribution is 2.22. The van der Waals surface area contributed by atoms with Crippen molar-refractivity contribution in [2.75, 3.05) is 25.2 Å². The smallest absolute Gasteiger partial charge is 0.125 e. The predicted molar refractivity (Wildman–Crippen MR) is 59.9 cm³/mol. The average molecular weight is 225 g/mol. The van der Waals surface area contributed by atoms with E-state index in [4.69, 9.17) is 9.84 Å². The van der Waals surface area contributed by atoms with Crippen LogP contribution in [0.1, 0.15) is 12.0 Å². The minimum Gasteiger partial charge on any atom is -0.392 e. The molecule has 1 aliphatic rings. The lowest BCUT2D eigenvalue weighted by atomic mass is 10.1. The molecule has 1 aromatic carbocycles. The molecule has 88 valence electrons. The third-order valence-electron chi connectivity index (χ3n) is 2.99. The van der Waals surface area contributed by atoms with Gasteiger partial charge in [-0.25, -0.2) is 4.39 Å². The Hall–Kier alpha value is -1.13. The predicted octanol–water partition coefficient (Wildman–Crippen LogP) is 1.54. The van der Waals surface area contributed by atoms with E-state index in [-0.39, 0.29) is 12.4 Å². The molecule has 1 N–H and O–H groups in total. The van der Waals surface area contributed by atoms with Crippen molar-refractivity contribution in [1.82, 2.24) is 0 Å². The maximum absolute atomic E-state index is 13.3. The van der Waals surface area contributed by atoms with E-state index < -0.39 is 0 Å². The Labute approximate surface area is 94.4 Å². The lowest BCUT2D eigenvalue weighted by Gasteiger charge is -2.25. The van der Waals surface area contributed by atoms with Gasteiger partial charge in [-0.2, -0.15) is 0 Å². The van der Waals surface area contributed by atoms with Crippen LogP contribution >= 0.6 is 0 Å². The fourth-order valence-corrected chi connectivity index (χ4v) is 1.97. The van der Waals surface area contributed by atoms with Gasteiger partial charge in [-0.3, -0.25) is 0 Å². The highest BCUT2D eigenvalue weighted by atomic mass is 19.1. The number of halogens is 1. The summed E-state index contributed by atoms with van der Waals surface area (Å²) in [6.07, 6.45) is 0.960. The molecule has 1 heterocycles. The average Bonchev–Trinajstić information content (AvgIpc) is 2.80. The Morgan fingerprint density at radius 3 is 2.94 bits per heavy atom. The Morgan fingerprint density at radius 1 is 1.50 bits per heavy atom. The van der Waals surface area contributed by atoms with E-state index in [0.29, 0.717) is 18.2 Å². The van der Waals surface area contributed by atoms with Crippen molar-refractivity contribution in [1.29, 1.82) is 0 Å². The van der Waals surface area contributed by atoms with E-state index >= 15 is 0 Å². The van der Waals surface area contributed by atoms with Gasteiger partial charge in [0.25, 0.3) is 0 Å². The third-order valence-corrected chi connectivity index (χ3v) is 2.99. The zero-order chi connectivity index (χ0) is 11.5. The van der Waals surface area contributed by atoms with Crippen molar-refractivity contribution in [3.8, 4) is 0 Å². The number of rotatable bonds is 3. The maximum Gasteiger partial charge on any atom is 0.125 e. The first-order valence-corrected chi connectivity index (χ1v) is 5.41. The van der Waals surface area contributed by atoms with Gasteiger partial charge in [0.1, 0.15) is 5.82 Å². The van der Waals surface area contributed by atoms with Gasteiger partial charge in [0.2, 0.25) is 0 Å². The van der Waals surface area contributed by atoms with Gasteiger partial charge < -0.3 is 14.7 Å². The third kappa shape index (κ3) is 2.33. The molecule has 16 heavy (non-hydrogen) atoms. The number of ether oxygens (including phenoxy) is 1. The number of aliphatic hydroxyl groups is 1. The molecule has 4 heteroatoms. The maximum atomic E-state index is 13.3. The standard InChI is InChI=1S/C12H16FNO2/c1-14(11-2-3-16-8-11)12-5-9(7-15)4-10(13)6-12/h4-6,11,15H,2-3,7-8H2,1H3. The molecule has 1 atom stereocenters. The van der Waals surface area contributed by atoms with E-state index in [0.717, 1.165) is 18.7 Å². The number of benzene rings is 1. The molecular weight excluding hydrogens is 209 g/mol. The van der Waals surface area contributed by atoms with Crippen LogP contribution < -0.4 is 4.90 Å². The first-order valence-electron chi connectivity index (χ1n) is 5.41. The van der Waals surface area contributed by atoms with E-state index in [9.17, 15) is 4.39 Å². The Kier molecular flexibility index (Phi) is 3.41. The zero-order valence-electron chi connectivity index (χ0n) is 9.32. The molecule has 0 saturated carbocycles. The van der Waals surface area contributed by atoms with Gasteiger partial charge in [0.05, 0.1) is 19.3 Å². The summed E-state index contributed by atoms with van der Waals surface area (Å²) in [5.41, 5.74) is 1.39. The number of aliphatic hydroxyl groups excluding tert-OH is 1. The van der Waals surface area contributed by atoms with E-state index in [1.807, 2.05) is 11.9 Å². The minimum absolute atomic E-state index is 0.139. The summed E-state index contributed by atoms with van der Waals surface area (Å²) in [5.74, 6) is -0.313. The number of anilines is 1. The monoisotopic (exact) mass is 225 g/mol. The number of likely N-dealkylation sites (N-methyl/N-ethyl adjacent to an activating group) is 1. The molecule has 1 saturated heterocycles. The molecule has 1 fully saturated rings. The minimum atomic E-state index is -0.313. The lowest BCUT2D eigenvalue weighted by Crippen LogP contribution is -2.31. The van der Waals surface area contributed by atoms with Crippen molar-refractivity contribution in [3.05, 3.63) is 29.6 Å². The fraction of sp³-hybridized carbons (Fsp3) is 0.500. The Bertz CT molecular complexity index is 364. The van der Waals surface area contributed by atoms with Gasteiger partial charge in [0.15, 0.2) is 0 Å². The number of nitrogens with zero attached hydrogens (tertiary/aromatic N) is 1. The molecule has 0 aromatic heterocycles. The van der Waals surface area contributed by atoms with Crippen molar-refractivity contribution < 1.29 is 14.2 Å². The summed E-state index contributed by atoms with van der Waals surface area (Å²) < 4.78 is 18.6. The van der Waals surface area contributed by atoms with Crippen LogP contribution in [0.25, 0.3) is 0 Å². The normalized spacial score (nSPS) is 20.1. The molecule has 0 spiro atoms. The van der Waals surface area contributed by atoms with Crippen molar-refractivity contribution in [2.45, 2.75) is 19.1 Å². The Balaban J connectivity index is 2.21. The van der Waals surface area contributed by atoms with Gasteiger partial charge in [-0.15, -0.1) is 0 Å². The van der Waals surface area contributed by atoms with Crippen LogP contribution in [0.2, 0.25) is 0 Å². The van der Waals surface area contributed by atoms with Crippen LogP contribution in [0.4, 0.5) is 10.1 Å². The van der Waals surface area contributed by atoms with E-state index in [2.05, 4.69) is 0 Å². The van der Waals surface area contributed by atoms with Gasteiger partial charge in [-0.1, -0.05) is 0 Å². The SMILES string of the molecule is CN(c1cc(F)cc(CO)c1)C1CCOC1. The number of hydrogen-bond acceptors (Lipinski definition) is 3. The summed E-state index contributed by atoms with van der Waals surface area (Å²) in [4.78, 5) is 2.01. The summed E-state index contributed by atoms with van der Waals surface area (Å²) in [5, 5.41) is 9.02. The van der Waals surface area contributed by atoms with Crippen LogP contribution in [-0.4, -0.2) is 31.4 Å². The van der Waals surface area contributed by atoms with E-state index in [1.165, 1.54) is 12.1 Å². The second-order valence-electron chi connectivity index (χ2n) is 4.10. The first-order chi connectivity index (χ1) is 7.70. The lowest BCUT2D eigenvalue weighted by molar-refractivity contribution is 0.193. The summed E-state index contributed by atoms with van der Waals surface area (Å²) in [6.45, 7) is 1.30. The second kappa shape index (κ2) is 4.80. The van der Waals surface area contributed by atoms with Crippen molar-refractivity contribution >= 4 is 5.69 Å². The van der Waals surface area contributed by atoms with Crippen LogP contribution in [0, 0.1) is 5.82 Å². The fourth-order valence-electron chi connectivity index (χ4n) is 1.97. The van der Waals surface area contributed by atoms with E-state index in [1.54, 1.807) is 6.07 Å². The first kappa shape index (κ1) is 11.4. The summed E-state index contributed by atoms with van der Waals surface area (Å²) in [6, 6.07) is 4.94. The van der Waals surface area contributed by atoms with Gasteiger partial charge >= 0.3 is 0 Å². The van der Waals surface area contributed by atoms with Crippen LogP contribution in [0.3, 0.4) is 0 Å². The largest absolute Gasteiger partial charge is 0.392 e. The molecule has 0 bridgehead atoms. The highest BCUT2D eigenvalue weighted by Gasteiger charge is 2.21. The van der Waals surface area contributed by atoms with Gasteiger partial charge in [-0.05, 0) is 30.2 Å². The van der Waals surface area contributed by atoms with Crippen molar-refractivity contribution in [2.24, 2.45) is 0 Å². The van der Waals surface area contributed by atoms with Crippen LogP contribution in [0.15, 0.2) is 18.2 Å². The van der Waals surface area contributed by atoms with Crippen molar-refractivity contribution in [3.63, 3.8) is 0 Å². The summed E-state index contributed by atoms with van der Waals surface area (Å²) >= 11 is 0. The summed E-state index contributed by atoms with van der Waals surface area (Å²) in [7, 11) is 1.93. The molecule has 1 aromatic rings. The van der Waals surface area contributed by atoms with Crippen LogP contribution in [0.5, 0.6) is 0 Å². The molecule has 1 aliphatic heterocycles. The Morgan fingerprint density at radius 2 is 2.31 bits per heavy atom. The molecule has 2 rings (SSSR count). The van der Waals surface area contributed by atoms with Gasteiger partial charge in [0, 0.05) is 19.3 Å². The molecule has 3 nitrogen and oxygen atoms in total. The van der Waals surface area contributed by atoms with Crippen LogP contribution in [-0.2, 0) is 11.3 Å². The molecule has 0 amide bonds. The second-order valence-corrected chi connectivity index (χ2v) is 4.10. The molecular formula is C12H16FNO2. The zero-order valence-corrected chi connectivity index (χ0v) is 9.32.